The van der Waals surface area contributed by atoms with Crippen LogP contribution in [0.15, 0.2) is 6.33 Å². The molecule has 6 nitrogen and oxygen atoms in total. The second-order valence-corrected chi connectivity index (χ2v) is 2.90. The first-order valence-electron chi connectivity index (χ1n) is 3.59. The Hall–Kier alpha value is -1.21. The Bertz CT molecular complexity index is 252. The van der Waals surface area contributed by atoms with E-state index in [-0.39, 0.29) is 6.61 Å². The second-order valence-electron chi connectivity index (χ2n) is 2.12. The molecule has 72 valence electrons. The van der Waals surface area contributed by atoms with Gasteiger partial charge in [-0.2, -0.15) is 4.37 Å². The zero-order valence-corrected chi connectivity index (χ0v) is 7.58. The maximum atomic E-state index is 10.0. The van der Waals surface area contributed by atoms with Gasteiger partial charge in [0.15, 0.2) is 0 Å². The lowest BCUT2D eigenvalue weighted by Gasteiger charge is -2.01. The summed E-state index contributed by atoms with van der Waals surface area (Å²) in [5.41, 5.74) is 0. The fourth-order valence-electron chi connectivity index (χ4n) is 0.641. The van der Waals surface area contributed by atoms with E-state index in [1.54, 1.807) is 0 Å². The van der Waals surface area contributed by atoms with Gasteiger partial charge in [0.05, 0.1) is 6.61 Å². The van der Waals surface area contributed by atoms with E-state index in [1.165, 1.54) is 17.9 Å². The first-order chi connectivity index (χ1) is 6.29. The molecular formula is C6H9N3O3S. The maximum Gasteiger partial charge on any atom is 0.329 e. The number of ether oxygens (including phenoxy) is 1. The first kappa shape index (κ1) is 9.87. The largest absolute Gasteiger partial charge is 0.480 e. The summed E-state index contributed by atoms with van der Waals surface area (Å²) in [5.74, 6) is -0.962. The lowest BCUT2D eigenvalue weighted by molar-refractivity contribution is -0.142. The SMILES string of the molecule is O=C(O)COCCNc1ncns1. The van der Waals surface area contributed by atoms with E-state index in [2.05, 4.69) is 14.7 Å². The molecule has 0 saturated heterocycles. The molecule has 0 saturated carbocycles. The maximum absolute atomic E-state index is 10.0. The molecule has 0 amide bonds. The fraction of sp³-hybridized carbons (Fsp3) is 0.500. The molecule has 0 aromatic carbocycles. The molecule has 1 aromatic rings. The number of rotatable bonds is 6. The van der Waals surface area contributed by atoms with Gasteiger partial charge in [-0.15, -0.1) is 0 Å². The number of anilines is 1. The van der Waals surface area contributed by atoms with Crippen molar-refractivity contribution in [2.45, 2.75) is 0 Å². The minimum atomic E-state index is -0.962. The molecule has 0 radical (unpaired) electrons. The van der Waals surface area contributed by atoms with Crippen molar-refractivity contribution in [1.29, 1.82) is 0 Å². The van der Waals surface area contributed by atoms with Crippen LogP contribution in [-0.2, 0) is 9.53 Å². The lowest BCUT2D eigenvalue weighted by Crippen LogP contribution is -2.13. The van der Waals surface area contributed by atoms with Crippen LogP contribution in [0.1, 0.15) is 0 Å². The van der Waals surface area contributed by atoms with Gasteiger partial charge in [-0.3, -0.25) is 0 Å². The number of nitrogens with zero attached hydrogens (tertiary/aromatic N) is 2. The molecule has 0 aliphatic rings. The lowest BCUT2D eigenvalue weighted by atomic mass is 10.6. The molecule has 2 N–H and O–H groups in total. The van der Waals surface area contributed by atoms with E-state index in [0.717, 1.165) is 0 Å². The van der Waals surface area contributed by atoms with Crippen LogP contribution < -0.4 is 5.32 Å². The molecule has 7 heteroatoms. The minimum Gasteiger partial charge on any atom is -0.480 e. The number of carbonyl (C=O) groups is 1. The van der Waals surface area contributed by atoms with Gasteiger partial charge in [-0.25, -0.2) is 9.78 Å². The summed E-state index contributed by atoms with van der Waals surface area (Å²) in [6, 6.07) is 0. The van der Waals surface area contributed by atoms with Gasteiger partial charge >= 0.3 is 5.97 Å². The van der Waals surface area contributed by atoms with E-state index in [1.807, 2.05) is 0 Å². The molecule has 1 aromatic heterocycles. The van der Waals surface area contributed by atoms with Crippen molar-refractivity contribution in [2.24, 2.45) is 0 Å². The van der Waals surface area contributed by atoms with Gasteiger partial charge in [-0.05, 0) is 0 Å². The van der Waals surface area contributed by atoms with Crippen molar-refractivity contribution in [2.75, 3.05) is 25.1 Å². The Balaban J connectivity index is 1.99. The number of aliphatic carboxylic acids is 1. The smallest absolute Gasteiger partial charge is 0.329 e. The molecular weight excluding hydrogens is 194 g/mol. The van der Waals surface area contributed by atoms with E-state index in [9.17, 15) is 4.79 Å². The highest BCUT2D eigenvalue weighted by Crippen LogP contribution is 2.04. The molecule has 1 rings (SSSR count). The van der Waals surface area contributed by atoms with Crippen molar-refractivity contribution in [3.8, 4) is 0 Å². The van der Waals surface area contributed by atoms with E-state index in [0.29, 0.717) is 18.3 Å². The molecule has 0 spiro atoms. The minimum absolute atomic E-state index is 0.266. The summed E-state index contributed by atoms with van der Waals surface area (Å²) in [5, 5.41) is 11.9. The average Bonchev–Trinajstić information content (AvgIpc) is 2.55. The van der Waals surface area contributed by atoms with Crippen LogP contribution in [0.5, 0.6) is 0 Å². The number of hydrogen-bond acceptors (Lipinski definition) is 6. The van der Waals surface area contributed by atoms with E-state index < -0.39 is 5.97 Å². The third-order valence-electron chi connectivity index (χ3n) is 1.11. The van der Waals surface area contributed by atoms with Gasteiger partial charge in [0.1, 0.15) is 12.9 Å². The normalized spacial score (nSPS) is 9.85. The van der Waals surface area contributed by atoms with Crippen LogP contribution in [0.3, 0.4) is 0 Å². The molecule has 0 aliphatic carbocycles. The van der Waals surface area contributed by atoms with E-state index in [4.69, 9.17) is 9.84 Å². The first-order valence-corrected chi connectivity index (χ1v) is 4.36. The predicted molar refractivity (Wildman–Crippen MR) is 46.9 cm³/mol. The molecule has 0 bridgehead atoms. The van der Waals surface area contributed by atoms with Crippen LogP contribution >= 0.6 is 11.5 Å². The highest BCUT2D eigenvalue weighted by Gasteiger charge is 1.96. The Labute approximate surface area is 78.7 Å². The monoisotopic (exact) mass is 203 g/mol. The summed E-state index contributed by atoms with van der Waals surface area (Å²) in [7, 11) is 0. The quantitative estimate of drug-likeness (QED) is 0.635. The van der Waals surface area contributed by atoms with Crippen LogP contribution in [0.4, 0.5) is 5.13 Å². The molecule has 0 aliphatic heterocycles. The number of carboxylic acid groups (broad SMARTS) is 1. The Morgan fingerprint density at radius 3 is 3.23 bits per heavy atom. The van der Waals surface area contributed by atoms with Crippen molar-refractivity contribution in [3.63, 3.8) is 0 Å². The molecule has 1 heterocycles. The van der Waals surface area contributed by atoms with Crippen LogP contribution in [-0.4, -0.2) is 40.2 Å². The van der Waals surface area contributed by atoms with Crippen molar-refractivity contribution >= 4 is 22.6 Å². The Morgan fingerprint density at radius 1 is 1.77 bits per heavy atom. The predicted octanol–water partition coefficient (Wildman–Crippen LogP) is 0.0512. The number of carboxylic acids is 1. The standard InChI is InChI=1S/C6H9N3O3S/c10-5(11)3-12-2-1-7-6-8-4-9-13-6/h4H,1-3H2,(H,10,11)(H,7,8,9). The van der Waals surface area contributed by atoms with Crippen LogP contribution in [0, 0.1) is 0 Å². The van der Waals surface area contributed by atoms with Gasteiger partial charge in [0.25, 0.3) is 0 Å². The highest BCUT2D eigenvalue weighted by atomic mass is 32.1. The molecule has 0 unspecified atom stereocenters. The van der Waals surface area contributed by atoms with Crippen LogP contribution in [0.2, 0.25) is 0 Å². The molecule has 13 heavy (non-hydrogen) atoms. The summed E-state index contributed by atoms with van der Waals surface area (Å²) >= 11 is 1.24. The van der Waals surface area contributed by atoms with E-state index >= 15 is 0 Å². The topological polar surface area (TPSA) is 84.3 Å². The number of aromatic nitrogens is 2. The van der Waals surface area contributed by atoms with Crippen LogP contribution in [0.25, 0.3) is 0 Å². The second kappa shape index (κ2) is 5.44. The number of hydrogen-bond donors (Lipinski definition) is 2. The Morgan fingerprint density at radius 2 is 2.62 bits per heavy atom. The van der Waals surface area contributed by atoms with Crippen molar-refractivity contribution in [3.05, 3.63) is 6.33 Å². The van der Waals surface area contributed by atoms with Gasteiger partial charge in [0.2, 0.25) is 5.13 Å². The Kier molecular flexibility index (Phi) is 4.13. The molecule has 0 atom stereocenters. The zero-order chi connectivity index (χ0) is 9.52. The molecule has 0 fully saturated rings. The summed E-state index contributed by atoms with van der Waals surface area (Å²) in [4.78, 5) is 13.9. The average molecular weight is 203 g/mol. The third-order valence-corrected chi connectivity index (χ3v) is 1.73. The summed E-state index contributed by atoms with van der Waals surface area (Å²) in [6.45, 7) is 0.603. The van der Waals surface area contributed by atoms with Gasteiger partial charge in [-0.1, -0.05) is 0 Å². The summed E-state index contributed by atoms with van der Waals surface area (Å²) in [6.07, 6.45) is 1.45. The van der Waals surface area contributed by atoms with Gasteiger partial charge < -0.3 is 15.2 Å². The van der Waals surface area contributed by atoms with Gasteiger partial charge in [0, 0.05) is 18.1 Å². The number of nitrogens with one attached hydrogen (secondary N) is 1. The zero-order valence-electron chi connectivity index (χ0n) is 6.77. The third kappa shape index (κ3) is 4.38. The fourth-order valence-corrected chi connectivity index (χ4v) is 1.10. The highest BCUT2D eigenvalue weighted by molar-refractivity contribution is 7.09. The summed E-state index contributed by atoms with van der Waals surface area (Å²) < 4.78 is 8.57. The van der Waals surface area contributed by atoms with Crippen molar-refractivity contribution in [1.82, 2.24) is 9.36 Å². The van der Waals surface area contributed by atoms with Crippen molar-refractivity contribution < 1.29 is 14.6 Å².